The van der Waals surface area contributed by atoms with Gasteiger partial charge in [-0.05, 0) is 44.5 Å². The molecule has 1 unspecified atom stereocenters. The normalized spacial score (nSPS) is 12.5. The number of hydrogen-bond acceptors (Lipinski definition) is 6. The molecule has 6 heteroatoms. The largest absolute Gasteiger partial charge is 0.493 e. The number of carbonyl (C=O) groups is 1. The molecule has 1 atom stereocenters. The minimum atomic E-state index is -0.730. The highest BCUT2D eigenvalue weighted by atomic mass is 16.6. The SMILES string of the molecule is COc1ccc(C(C(=O)OC(C)(C)C)c2ncnc3ccccc23)cc1OC. The van der Waals surface area contributed by atoms with Gasteiger partial charge in [0.05, 0.1) is 25.4 Å². The molecule has 0 radical (unpaired) electrons. The number of rotatable bonds is 5. The lowest BCUT2D eigenvalue weighted by atomic mass is 9.92. The maximum atomic E-state index is 13.2. The van der Waals surface area contributed by atoms with Crippen LogP contribution in [0.1, 0.15) is 37.9 Å². The molecule has 0 bridgehead atoms. The fourth-order valence-corrected chi connectivity index (χ4v) is 3.05. The summed E-state index contributed by atoms with van der Waals surface area (Å²) in [5.41, 5.74) is 1.43. The number of aromatic nitrogens is 2. The first-order valence-corrected chi connectivity index (χ1v) is 8.98. The van der Waals surface area contributed by atoms with Crippen LogP contribution in [-0.4, -0.2) is 35.8 Å². The number of carbonyl (C=O) groups excluding carboxylic acids is 1. The molecule has 0 spiro atoms. The molecule has 0 N–H and O–H groups in total. The number of fused-ring (bicyclic) bond motifs is 1. The fourth-order valence-electron chi connectivity index (χ4n) is 3.05. The minimum Gasteiger partial charge on any atom is -0.493 e. The number of nitrogens with zero attached hydrogens (tertiary/aromatic N) is 2. The number of benzene rings is 2. The number of ether oxygens (including phenoxy) is 3. The van der Waals surface area contributed by atoms with Gasteiger partial charge in [0.1, 0.15) is 17.8 Å². The van der Waals surface area contributed by atoms with Gasteiger partial charge in [-0.15, -0.1) is 0 Å². The minimum absolute atomic E-state index is 0.386. The van der Waals surface area contributed by atoms with E-state index in [1.165, 1.54) is 6.33 Å². The van der Waals surface area contributed by atoms with E-state index in [0.29, 0.717) is 22.8 Å². The Morgan fingerprint density at radius 3 is 2.36 bits per heavy atom. The van der Waals surface area contributed by atoms with Gasteiger partial charge in [-0.3, -0.25) is 4.79 Å². The second kappa shape index (κ2) is 7.84. The third kappa shape index (κ3) is 4.06. The molecule has 3 aromatic rings. The first kappa shape index (κ1) is 19.6. The van der Waals surface area contributed by atoms with E-state index in [1.54, 1.807) is 26.4 Å². The van der Waals surface area contributed by atoms with Crippen molar-refractivity contribution >= 4 is 16.9 Å². The zero-order chi connectivity index (χ0) is 20.3. The first-order valence-electron chi connectivity index (χ1n) is 8.98. The lowest BCUT2D eigenvalue weighted by Crippen LogP contribution is -2.29. The maximum Gasteiger partial charge on any atom is 0.320 e. The van der Waals surface area contributed by atoms with Crippen LogP contribution in [0, 0.1) is 0 Å². The molecule has 1 heterocycles. The summed E-state index contributed by atoms with van der Waals surface area (Å²) in [4.78, 5) is 22.0. The van der Waals surface area contributed by atoms with Gasteiger partial charge in [0.15, 0.2) is 11.5 Å². The summed E-state index contributed by atoms with van der Waals surface area (Å²) < 4.78 is 16.5. The predicted octanol–water partition coefficient (Wildman–Crippen LogP) is 4.12. The van der Waals surface area contributed by atoms with Crippen molar-refractivity contribution in [1.82, 2.24) is 9.97 Å². The van der Waals surface area contributed by atoms with Crippen LogP contribution < -0.4 is 9.47 Å². The van der Waals surface area contributed by atoms with Crippen LogP contribution in [0.2, 0.25) is 0 Å². The predicted molar refractivity (Wildman–Crippen MR) is 107 cm³/mol. The second-order valence-electron chi connectivity index (χ2n) is 7.36. The molecular weight excluding hydrogens is 356 g/mol. The molecule has 0 amide bonds. The van der Waals surface area contributed by atoms with E-state index in [2.05, 4.69) is 9.97 Å². The molecule has 0 fully saturated rings. The highest BCUT2D eigenvalue weighted by Gasteiger charge is 2.31. The summed E-state index contributed by atoms with van der Waals surface area (Å²) in [6.07, 6.45) is 1.47. The van der Waals surface area contributed by atoms with E-state index >= 15 is 0 Å². The Morgan fingerprint density at radius 1 is 0.964 bits per heavy atom. The standard InChI is InChI=1S/C22H24N2O4/c1-22(2,3)28-21(25)19(14-10-11-17(26-4)18(12-14)27-5)20-15-8-6-7-9-16(15)23-13-24-20/h6-13,19H,1-5H3. The van der Waals surface area contributed by atoms with Gasteiger partial charge in [-0.1, -0.05) is 24.3 Å². The van der Waals surface area contributed by atoms with Crippen LogP contribution in [0.5, 0.6) is 11.5 Å². The van der Waals surface area contributed by atoms with Gasteiger partial charge >= 0.3 is 5.97 Å². The summed E-state index contributed by atoms with van der Waals surface area (Å²) in [6, 6.07) is 13.0. The molecule has 0 aliphatic rings. The lowest BCUT2D eigenvalue weighted by molar-refractivity contribution is -0.155. The van der Waals surface area contributed by atoms with E-state index in [4.69, 9.17) is 14.2 Å². The number of methoxy groups -OCH3 is 2. The maximum absolute atomic E-state index is 13.2. The Bertz CT molecular complexity index is 990. The van der Waals surface area contributed by atoms with Crippen molar-refractivity contribution in [2.75, 3.05) is 14.2 Å². The van der Waals surface area contributed by atoms with E-state index in [0.717, 1.165) is 10.9 Å². The van der Waals surface area contributed by atoms with Crippen molar-refractivity contribution in [3.63, 3.8) is 0 Å². The fraction of sp³-hybridized carbons (Fsp3) is 0.318. The molecule has 0 saturated carbocycles. The van der Waals surface area contributed by atoms with Crippen LogP contribution >= 0.6 is 0 Å². The van der Waals surface area contributed by atoms with E-state index in [9.17, 15) is 4.79 Å². The summed E-state index contributed by atoms with van der Waals surface area (Å²) in [5.74, 6) is 0.00385. The van der Waals surface area contributed by atoms with Crippen molar-refractivity contribution in [2.24, 2.45) is 0 Å². The highest BCUT2D eigenvalue weighted by Crippen LogP contribution is 2.36. The monoisotopic (exact) mass is 380 g/mol. The van der Waals surface area contributed by atoms with Gasteiger partial charge in [0, 0.05) is 5.39 Å². The van der Waals surface area contributed by atoms with E-state index in [1.807, 2.05) is 51.1 Å². The molecule has 6 nitrogen and oxygen atoms in total. The molecule has 28 heavy (non-hydrogen) atoms. The number of para-hydroxylation sites is 1. The third-order valence-electron chi connectivity index (χ3n) is 4.23. The number of hydrogen-bond donors (Lipinski definition) is 0. The van der Waals surface area contributed by atoms with Crippen molar-refractivity contribution in [1.29, 1.82) is 0 Å². The van der Waals surface area contributed by atoms with Gasteiger partial charge in [-0.2, -0.15) is 0 Å². The third-order valence-corrected chi connectivity index (χ3v) is 4.23. The van der Waals surface area contributed by atoms with Crippen LogP contribution in [0.3, 0.4) is 0 Å². The molecule has 0 saturated heterocycles. The summed E-state index contributed by atoms with van der Waals surface area (Å²) in [6.45, 7) is 5.53. The molecule has 146 valence electrons. The Labute approximate surface area is 164 Å². The average molecular weight is 380 g/mol. The van der Waals surface area contributed by atoms with Gasteiger partial charge < -0.3 is 14.2 Å². The van der Waals surface area contributed by atoms with Gasteiger partial charge in [0.2, 0.25) is 0 Å². The first-order chi connectivity index (χ1) is 13.3. The molecule has 1 aromatic heterocycles. The number of esters is 1. The molecular formula is C22H24N2O4. The van der Waals surface area contributed by atoms with Crippen molar-refractivity contribution in [3.05, 3.63) is 60.0 Å². The van der Waals surface area contributed by atoms with Crippen molar-refractivity contribution < 1.29 is 19.0 Å². The van der Waals surface area contributed by atoms with Crippen LogP contribution in [0.15, 0.2) is 48.8 Å². The van der Waals surface area contributed by atoms with Crippen molar-refractivity contribution in [3.8, 4) is 11.5 Å². The summed E-state index contributed by atoms with van der Waals surface area (Å²) >= 11 is 0. The Balaban J connectivity index is 2.19. The summed E-state index contributed by atoms with van der Waals surface area (Å²) in [5, 5.41) is 0.802. The lowest BCUT2D eigenvalue weighted by Gasteiger charge is -2.25. The van der Waals surface area contributed by atoms with Crippen LogP contribution in [0.25, 0.3) is 10.9 Å². The topological polar surface area (TPSA) is 70.5 Å². The molecule has 0 aliphatic heterocycles. The summed E-state index contributed by atoms with van der Waals surface area (Å²) in [7, 11) is 3.13. The highest BCUT2D eigenvalue weighted by molar-refractivity contribution is 5.90. The Hall–Kier alpha value is -3.15. The zero-order valence-corrected chi connectivity index (χ0v) is 16.7. The van der Waals surface area contributed by atoms with E-state index < -0.39 is 11.5 Å². The quantitative estimate of drug-likeness (QED) is 0.620. The average Bonchev–Trinajstić information content (AvgIpc) is 2.67. The Kier molecular flexibility index (Phi) is 5.49. The smallest absolute Gasteiger partial charge is 0.320 e. The van der Waals surface area contributed by atoms with Crippen LogP contribution in [0.4, 0.5) is 0 Å². The second-order valence-corrected chi connectivity index (χ2v) is 7.36. The molecule has 3 rings (SSSR count). The van der Waals surface area contributed by atoms with Gasteiger partial charge in [0.25, 0.3) is 0 Å². The van der Waals surface area contributed by atoms with Crippen LogP contribution in [-0.2, 0) is 9.53 Å². The van der Waals surface area contributed by atoms with Gasteiger partial charge in [-0.25, -0.2) is 9.97 Å². The Morgan fingerprint density at radius 2 is 1.68 bits per heavy atom. The van der Waals surface area contributed by atoms with Crippen molar-refractivity contribution in [2.45, 2.75) is 32.3 Å². The van der Waals surface area contributed by atoms with E-state index in [-0.39, 0.29) is 5.97 Å². The zero-order valence-electron chi connectivity index (χ0n) is 16.7. The molecule has 2 aromatic carbocycles. The molecule has 0 aliphatic carbocycles.